The summed E-state index contributed by atoms with van der Waals surface area (Å²) < 4.78 is 49.8. The molecule has 0 aliphatic rings. The Morgan fingerprint density at radius 2 is 1.70 bits per heavy atom. The lowest BCUT2D eigenvalue weighted by molar-refractivity contribution is -0.274. The lowest BCUT2D eigenvalue weighted by Crippen LogP contribution is -2.28. The maximum absolute atomic E-state index is 12.0. The quantitative estimate of drug-likeness (QED) is 0.755. The second-order valence-electron chi connectivity index (χ2n) is 3.79. The average Bonchev–Trinajstić information content (AvgIpc) is 2.36. The third-order valence-electron chi connectivity index (χ3n) is 2.26. The normalized spacial score (nSPS) is 12.7. The van der Waals surface area contributed by atoms with Gasteiger partial charge in [0.15, 0.2) is 6.10 Å². The van der Waals surface area contributed by atoms with Crippen molar-refractivity contribution in [2.45, 2.75) is 32.7 Å². The molecule has 1 unspecified atom stereocenters. The zero-order valence-electron chi connectivity index (χ0n) is 11.1. The SMILES string of the molecule is CCOC(=O)C(CC)Oc1ccc(OC(F)(F)F)cc1. The van der Waals surface area contributed by atoms with E-state index < -0.39 is 18.4 Å². The van der Waals surface area contributed by atoms with E-state index in [0.717, 1.165) is 12.1 Å². The molecule has 0 saturated heterocycles. The van der Waals surface area contributed by atoms with Crippen molar-refractivity contribution >= 4 is 5.97 Å². The Bertz CT molecular complexity index is 428. The molecule has 0 radical (unpaired) electrons. The fourth-order valence-electron chi connectivity index (χ4n) is 1.42. The molecular weight excluding hydrogens is 277 g/mol. The molecule has 20 heavy (non-hydrogen) atoms. The molecule has 0 amide bonds. The summed E-state index contributed by atoms with van der Waals surface area (Å²) in [4.78, 5) is 11.5. The van der Waals surface area contributed by atoms with Crippen molar-refractivity contribution in [2.75, 3.05) is 6.61 Å². The molecule has 1 rings (SSSR count). The van der Waals surface area contributed by atoms with Crippen molar-refractivity contribution < 1.29 is 32.2 Å². The van der Waals surface area contributed by atoms with Crippen LogP contribution in [0.4, 0.5) is 13.2 Å². The van der Waals surface area contributed by atoms with Crippen molar-refractivity contribution in [1.29, 1.82) is 0 Å². The first-order chi connectivity index (χ1) is 9.35. The van der Waals surface area contributed by atoms with E-state index in [1.165, 1.54) is 12.1 Å². The van der Waals surface area contributed by atoms with Gasteiger partial charge in [0.2, 0.25) is 0 Å². The molecule has 1 aromatic rings. The smallest absolute Gasteiger partial charge is 0.479 e. The lowest BCUT2D eigenvalue weighted by Gasteiger charge is -2.16. The molecule has 0 heterocycles. The van der Waals surface area contributed by atoms with Crippen LogP contribution >= 0.6 is 0 Å². The largest absolute Gasteiger partial charge is 0.573 e. The van der Waals surface area contributed by atoms with Gasteiger partial charge in [-0.25, -0.2) is 4.79 Å². The molecule has 4 nitrogen and oxygen atoms in total. The number of carbonyl (C=O) groups excluding carboxylic acids is 1. The van der Waals surface area contributed by atoms with Crippen molar-refractivity contribution in [3.63, 3.8) is 0 Å². The highest BCUT2D eigenvalue weighted by Crippen LogP contribution is 2.25. The van der Waals surface area contributed by atoms with Gasteiger partial charge in [-0.1, -0.05) is 6.92 Å². The number of rotatable bonds is 6. The van der Waals surface area contributed by atoms with Gasteiger partial charge in [0.05, 0.1) is 6.61 Å². The van der Waals surface area contributed by atoms with Crippen molar-refractivity contribution in [3.05, 3.63) is 24.3 Å². The topological polar surface area (TPSA) is 44.8 Å². The Morgan fingerprint density at radius 1 is 1.15 bits per heavy atom. The fraction of sp³-hybridized carbons (Fsp3) is 0.462. The first kappa shape index (κ1) is 16.1. The number of carbonyl (C=O) groups is 1. The minimum absolute atomic E-state index is 0.233. The predicted molar refractivity (Wildman–Crippen MR) is 64.5 cm³/mol. The van der Waals surface area contributed by atoms with E-state index in [-0.39, 0.29) is 18.1 Å². The molecule has 0 spiro atoms. The Kier molecular flexibility index (Phi) is 5.66. The van der Waals surface area contributed by atoms with Crippen LogP contribution in [-0.2, 0) is 9.53 Å². The molecular formula is C13H15F3O4. The van der Waals surface area contributed by atoms with E-state index in [0.29, 0.717) is 6.42 Å². The Morgan fingerprint density at radius 3 is 2.15 bits per heavy atom. The molecule has 0 aliphatic carbocycles. The third-order valence-corrected chi connectivity index (χ3v) is 2.26. The molecule has 112 valence electrons. The molecule has 0 fully saturated rings. The second kappa shape index (κ2) is 7.02. The summed E-state index contributed by atoms with van der Waals surface area (Å²) in [5, 5.41) is 0. The summed E-state index contributed by atoms with van der Waals surface area (Å²) in [6.45, 7) is 3.65. The van der Waals surface area contributed by atoms with E-state index in [2.05, 4.69) is 4.74 Å². The maximum atomic E-state index is 12.0. The maximum Gasteiger partial charge on any atom is 0.573 e. The summed E-state index contributed by atoms with van der Waals surface area (Å²) >= 11 is 0. The van der Waals surface area contributed by atoms with E-state index in [4.69, 9.17) is 9.47 Å². The Labute approximate surface area is 114 Å². The van der Waals surface area contributed by atoms with E-state index in [9.17, 15) is 18.0 Å². The van der Waals surface area contributed by atoms with Gasteiger partial charge in [-0.3, -0.25) is 0 Å². The molecule has 1 aromatic carbocycles. The van der Waals surface area contributed by atoms with E-state index >= 15 is 0 Å². The fourth-order valence-corrected chi connectivity index (χ4v) is 1.42. The molecule has 0 saturated carbocycles. The van der Waals surface area contributed by atoms with Crippen molar-refractivity contribution in [3.8, 4) is 11.5 Å². The number of hydrogen-bond donors (Lipinski definition) is 0. The monoisotopic (exact) mass is 292 g/mol. The third kappa shape index (κ3) is 5.38. The van der Waals surface area contributed by atoms with Gasteiger partial charge >= 0.3 is 12.3 Å². The molecule has 0 aromatic heterocycles. The number of halogens is 3. The Balaban J connectivity index is 2.66. The predicted octanol–water partition coefficient (Wildman–Crippen LogP) is 3.31. The van der Waals surface area contributed by atoms with Crippen LogP contribution in [0.15, 0.2) is 24.3 Å². The first-order valence-electron chi connectivity index (χ1n) is 6.04. The molecule has 0 bridgehead atoms. The number of ether oxygens (including phenoxy) is 3. The van der Waals surface area contributed by atoms with Gasteiger partial charge in [-0.15, -0.1) is 13.2 Å². The van der Waals surface area contributed by atoms with Gasteiger partial charge in [-0.05, 0) is 37.6 Å². The Hall–Kier alpha value is -1.92. The summed E-state index contributed by atoms with van der Waals surface area (Å²) in [7, 11) is 0. The van der Waals surface area contributed by atoms with Crippen molar-refractivity contribution in [1.82, 2.24) is 0 Å². The number of benzene rings is 1. The summed E-state index contributed by atoms with van der Waals surface area (Å²) in [6, 6.07) is 4.81. The highest BCUT2D eigenvalue weighted by atomic mass is 19.4. The van der Waals surface area contributed by atoms with Gasteiger partial charge in [-0.2, -0.15) is 0 Å². The van der Waals surface area contributed by atoms with Crippen LogP contribution in [0.2, 0.25) is 0 Å². The minimum atomic E-state index is -4.74. The van der Waals surface area contributed by atoms with Gasteiger partial charge in [0.25, 0.3) is 0 Å². The van der Waals surface area contributed by atoms with E-state index in [1.54, 1.807) is 13.8 Å². The summed E-state index contributed by atoms with van der Waals surface area (Å²) in [6.07, 6.45) is -5.14. The van der Waals surface area contributed by atoms with Crippen LogP contribution in [0.1, 0.15) is 20.3 Å². The van der Waals surface area contributed by atoms with Gasteiger partial charge in [0.1, 0.15) is 11.5 Å². The van der Waals surface area contributed by atoms with Crippen molar-refractivity contribution in [2.24, 2.45) is 0 Å². The zero-order chi connectivity index (χ0) is 15.2. The van der Waals surface area contributed by atoms with Crippen LogP contribution < -0.4 is 9.47 Å². The number of esters is 1. The highest BCUT2D eigenvalue weighted by molar-refractivity contribution is 5.75. The van der Waals surface area contributed by atoms with E-state index in [1.807, 2.05) is 0 Å². The van der Waals surface area contributed by atoms with Gasteiger partial charge in [0, 0.05) is 0 Å². The average molecular weight is 292 g/mol. The minimum Gasteiger partial charge on any atom is -0.479 e. The molecule has 0 N–H and O–H groups in total. The summed E-state index contributed by atoms with van der Waals surface area (Å²) in [5.41, 5.74) is 0. The summed E-state index contributed by atoms with van der Waals surface area (Å²) in [5.74, 6) is -0.598. The zero-order valence-corrected chi connectivity index (χ0v) is 11.1. The molecule has 1 atom stereocenters. The second-order valence-corrected chi connectivity index (χ2v) is 3.79. The number of alkyl halides is 3. The standard InChI is InChI=1S/C13H15F3O4/c1-3-11(12(17)18-4-2)19-9-5-7-10(8-6-9)20-13(14,15)16/h5-8,11H,3-4H2,1-2H3. The lowest BCUT2D eigenvalue weighted by atomic mass is 10.2. The van der Waals surface area contributed by atoms with Gasteiger partial charge < -0.3 is 14.2 Å². The molecule has 7 heteroatoms. The van der Waals surface area contributed by atoms with Crippen LogP contribution in [0.5, 0.6) is 11.5 Å². The highest BCUT2D eigenvalue weighted by Gasteiger charge is 2.31. The number of hydrogen-bond acceptors (Lipinski definition) is 4. The van der Waals surface area contributed by atoms with Crippen LogP contribution in [0.3, 0.4) is 0 Å². The van der Waals surface area contributed by atoms with Crippen LogP contribution in [0.25, 0.3) is 0 Å². The van der Waals surface area contributed by atoms with Crippen LogP contribution in [0, 0.1) is 0 Å². The molecule has 0 aliphatic heterocycles. The van der Waals surface area contributed by atoms with Crippen LogP contribution in [-0.4, -0.2) is 25.0 Å². The first-order valence-corrected chi connectivity index (χ1v) is 6.04.